The molecule has 1 fully saturated rings. The van der Waals surface area contributed by atoms with Crippen LogP contribution in [-0.2, 0) is 6.42 Å². The van der Waals surface area contributed by atoms with Gasteiger partial charge < -0.3 is 15.4 Å². The van der Waals surface area contributed by atoms with E-state index in [0.29, 0.717) is 0 Å². The van der Waals surface area contributed by atoms with Gasteiger partial charge in [0, 0.05) is 5.54 Å². The van der Waals surface area contributed by atoms with Gasteiger partial charge in [-0.15, -0.1) is 0 Å². The molecule has 1 aromatic carbocycles. The minimum Gasteiger partial charge on any atom is -0.496 e. The Balaban J connectivity index is 2.00. The Morgan fingerprint density at radius 2 is 2.00 bits per heavy atom. The molecule has 0 aliphatic carbocycles. The van der Waals surface area contributed by atoms with Gasteiger partial charge in [-0.25, -0.2) is 0 Å². The van der Waals surface area contributed by atoms with Crippen LogP contribution < -0.4 is 10.5 Å². The van der Waals surface area contributed by atoms with E-state index in [4.69, 9.17) is 10.5 Å². The fourth-order valence-electron chi connectivity index (χ4n) is 2.80. The van der Waals surface area contributed by atoms with Crippen molar-refractivity contribution in [1.29, 1.82) is 0 Å². The molecule has 106 valence electrons. The highest BCUT2D eigenvalue weighted by Gasteiger charge is 2.29. The first kappa shape index (κ1) is 14.4. The Morgan fingerprint density at radius 3 is 2.63 bits per heavy atom. The van der Waals surface area contributed by atoms with Crippen LogP contribution >= 0.6 is 0 Å². The largest absolute Gasteiger partial charge is 0.496 e. The summed E-state index contributed by atoms with van der Waals surface area (Å²) in [6.45, 7) is 4.35. The number of aryl methyl sites for hydroxylation is 2. The van der Waals surface area contributed by atoms with Crippen molar-refractivity contribution >= 4 is 0 Å². The van der Waals surface area contributed by atoms with E-state index in [-0.39, 0.29) is 5.54 Å². The van der Waals surface area contributed by atoms with E-state index in [1.807, 2.05) is 0 Å². The van der Waals surface area contributed by atoms with Gasteiger partial charge in [-0.05, 0) is 64.4 Å². The second-order valence-electron chi connectivity index (χ2n) is 5.98. The van der Waals surface area contributed by atoms with Crippen LogP contribution in [0.4, 0.5) is 0 Å². The lowest BCUT2D eigenvalue weighted by atomic mass is 9.83. The Bertz CT molecular complexity index is 423. The van der Waals surface area contributed by atoms with E-state index in [0.717, 1.165) is 44.5 Å². The van der Waals surface area contributed by atoms with Gasteiger partial charge in [-0.3, -0.25) is 0 Å². The number of rotatable bonds is 4. The molecule has 1 saturated heterocycles. The average Bonchev–Trinajstić information content (AvgIpc) is 2.41. The normalized spacial score (nSPS) is 19.4. The van der Waals surface area contributed by atoms with Gasteiger partial charge in [-0.2, -0.15) is 0 Å². The molecular weight excluding hydrogens is 236 g/mol. The topological polar surface area (TPSA) is 38.5 Å². The third kappa shape index (κ3) is 3.71. The van der Waals surface area contributed by atoms with Crippen molar-refractivity contribution in [3.63, 3.8) is 0 Å². The second kappa shape index (κ2) is 5.93. The fourth-order valence-corrected chi connectivity index (χ4v) is 2.80. The molecule has 0 spiro atoms. The van der Waals surface area contributed by atoms with Crippen molar-refractivity contribution in [3.05, 3.63) is 29.3 Å². The molecule has 3 nitrogen and oxygen atoms in total. The Morgan fingerprint density at radius 1 is 1.32 bits per heavy atom. The smallest absolute Gasteiger partial charge is 0.122 e. The maximum Gasteiger partial charge on any atom is 0.122 e. The molecule has 2 rings (SSSR count). The van der Waals surface area contributed by atoms with Crippen molar-refractivity contribution in [2.45, 2.75) is 38.1 Å². The Kier molecular flexibility index (Phi) is 4.48. The van der Waals surface area contributed by atoms with Gasteiger partial charge in [0.05, 0.1) is 7.11 Å². The predicted molar refractivity (Wildman–Crippen MR) is 79.7 cm³/mol. The van der Waals surface area contributed by atoms with Crippen LogP contribution in [0.1, 0.15) is 30.4 Å². The summed E-state index contributed by atoms with van der Waals surface area (Å²) >= 11 is 0. The zero-order valence-electron chi connectivity index (χ0n) is 12.4. The van der Waals surface area contributed by atoms with Gasteiger partial charge in [-0.1, -0.05) is 17.7 Å². The maximum absolute atomic E-state index is 6.53. The first-order chi connectivity index (χ1) is 9.02. The Hall–Kier alpha value is -1.06. The van der Waals surface area contributed by atoms with Gasteiger partial charge in [0.25, 0.3) is 0 Å². The average molecular weight is 262 g/mol. The molecule has 0 saturated carbocycles. The van der Waals surface area contributed by atoms with E-state index < -0.39 is 0 Å². The third-order valence-corrected chi connectivity index (χ3v) is 4.31. The molecule has 19 heavy (non-hydrogen) atoms. The van der Waals surface area contributed by atoms with E-state index in [1.54, 1.807) is 7.11 Å². The molecule has 3 heteroatoms. The first-order valence-electron chi connectivity index (χ1n) is 7.13. The number of likely N-dealkylation sites (tertiary alicyclic amines) is 1. The molecule has 1 aliphatic heterocycles. The first-order valence-corrected chi connectivity index (χ1v) is 7.13. The summed E-state index contributed by atoms with van der Waals surface area (Å²) in [7, 11) is 3.91. The van der Waals surface area contributed by atoms with Gasteiger partial charge >= 0.3 is 0 Å². The molecule has 0 atom stereocenters. The number of ether oxygens (including phenoxy) is 1. The van der Waals surface area contributed by atoms with Gasteiger partial charge in [0.1, 0.15) is 5.75 Å². The summed E-state index contributed by atoms with van der Waals surface area (Å²) in [6.07, 6.45) is 4.24. The molecule has 1 aliphatic rings. The van der Waals surface area contributed by atoms with Crippen LogP contribution in [0, 0.1) is 6.92 Å². The van der Waals surface area contributed by atoms with Crippen molar-refractivity contribution in [1.82, 2.24) is 4.90 Å². The maximum atomic E-state index is 6.53. The molecule has 0 radical (unpaired) electrons. The molecular formula is C16H26N2O. The van der Waals surface area contributed by atoms with Crippen molar-refractivity contribution in [2.75, 3.05) is 27.2 Å². The summed E-state index contributed by atoms with van der Waals surface area (Å²) in [5.41, 5.74) is 9.10. The van der Waals surface area contributed by atoms with Crippen LogP contribution in [0.5, 0.6) is 5.75 Å². The number of hydrogen-bond acceptors (Lipinski definition) is 3. The highest BCUT2D eigenvalue weighted by Crippen LogP contribution is 2.27. The van der Waals surface area contributed by atoms with Crippen molar-refractivity contribution in [3.8, 4) is 5.75 Å². The number of nitrogens with zero attached hydrogens (tertiary/aromatic N) is 1. The molecule has 0 aromatic heterocycles. The summed E-state index contributed by atoms with van der Waals surface area (Å²) in [5.74, 6) is 0.988. The van der Waals surface area contributed by atoms with Crippen LogP contribution in [0.15, 0.2) is 18.2 Å². The van der Waals surface area contributed by atoms with Crippen LogP contribution in [0.3, 0.4) is 0 Å². The van der Waals surface area contributed by atoms with E-state index in [2.05, 4.69) is 37.1 Å². The minimum atomic E-state index is 0.00126. The lowest BCUT2D eigenvalue weighted by molar-refractivity contribution is 0.182. The number of nitrogens with two attached hydrogens (primary N) is 1. The summed E-state index contributed by atoms with van der Waals surface area (Å²) in [6, 6.07) is 6.37. The van der Waals surface area contributed by atoms with E-state index in [9.17, 15) is 0 Å². The number of methoxy groups -OCH3 is 1. The highest BCUT2D eigenvalue weighted by molar-refractivity contribution is 5.37. The van der Waals surface area contributed by atoms with Crippen LogP contribution in [0.25, 0.3) is 0 Å². The van der Waals surface area contributed by atoms with E-state index >= 15 is 0 Å². The van der Waals surface area contributed by atoms with Crippen molar-refractivity contribution in [2.24, 2.45) is 5.73 Å². The SMILES string of the molecule is COc1ccc(C)cc1CCC1(N)CCN(C)CC1. The molecule has 0 bridgehead atoms. The molecule has 1 aromatic rings. The van der Waals surface area contributed by atoms with Crippen LogP contribution in [0.2, 0.25) is 0 Å². The summed E-state index contributed by atoms with van der Waals surface area (Å²) in [5, 5.41) is 0. The number of benzene rings is 1. The minimum absolute atomic E-state index is 0.00126. The molecule has 2 N–H and O–H groups in total. The van der Waals surface area contributed by atoms with Gasteiger partial charge in [0.2, 0.25) is 0 Å². The summed E-state index contributed by atoms with van der Waals surface area (Å²) < 4.78 is 5.44. The highest BCUT2D eigenvalue weighted by atomic mass is 16.5. The summed E-state index contributed by atoms with van der Waals surface area (Å²) in [4.78, 5) is 2.36. The lowest BCUT2D eigenvalue weighted by Crippen LogP contribution is -2.49. The zero-order chi connectivity index (χ0) is 13.9. The zero-order valence-corrected chi connectivity index (χ0v) is 12.4. The number of piperidine rings is 1. The monoisotopic (exact) mass is 262 g/mol. The lowest BCUT2D eigenvalue weighted by Gasteiger charge is -2.38. The predicted octanol–water partition coefficient (Wildman–Crippen LogP) is 2.36. The van der Waals surface area contributed by atoms with Crippen LogP contribution in [-0.4, -0.2) is 37.7 Å². The molecule has 0 unspecified atom stereocenters. The molecule has 0 amide bonds. The van der Waals surface area contributed by atoms with E-state index in [1.165, 1.54) is 11.1 Å². The third-order valence-electron chi connectivity index (χ3n) is 4.31. The second-order valence-corrected chi connectivity index (χ2v) is 5.98. The van der Waals surface area contributed by atoms with Gasteiger partial charge in [0.15, 0.2) is 0 Å². The Labute approximate surface area is 116 Å². The number of hydrogen-bond donors (Lipinski definition) is 1. The fraction of sp³-hybridized carbons (Fsp3) is 0.625. The molecule has 1 heterocycles. The quantitative estimate of drug-likeness (QED) is 0.905. The van der Waals surface area contributed by atoms with Crippen molar-refractivity contribution < 1.29 is 4.74 Å². The standard InChI is InChI=1S/C16H26N2O/c1-13-4-5-15(19-3)14(12-13)6-7-16(17)8-10-18(2)11-9-16/h4-5,12H,6-11,17H2,1-3H3.